The predicted octanol–water partition coefficient (Wildman–Crippen LogP) is 1.99. The Kier molecular flexibility index (Phi) is 5.07. The summed E-state index contributed by atoms with van der Waals surface area (Å²) < 4.78 is 16.4. The lowest BCUT2D eigenvalue weighted by Gasteiger charge is -2.05. The highest BCUT2D eigenvalue weighted by atomic mass is 19.1. The van der Waals surface area contributed by atoms with Crippen LogP contribution in [0, 0.1) is 5.82 Å². The molecule has 0 aliphatic heterocycles. The maximum atomic E-state index is 13.7. The number of anilines is 1. The van der Waals surface area contributed by atoms with E-state index in [0.717, 1.165) is 0 Å². The Hall–Kier alpha value is -3.49. The van der Waals surface area contributed by atoms with E-state index in [9.17, 15) is 14.0 Å². The number of benzene rings is 1. The number of aryl methyl sites for hydroxylation is 1. The first-order chi connectivity index (χ1) is 12.5. The zero-order valence-corrected chi connectivity index (χ0v) is 13.7. The Bertz CT molecular complexity index is 934. The number of nitrogens with one attached hydrogen (secondary N) is 1. The molecule has 2 aromatic heterocycles. The van der Waals surface area contributed by atoms with E-state index in [1.165, 1.54) is 33.9 Å². The van der Waals surface area contributed by atoms with Gasteiger partial charge in [-0.1, -0.05) is 18.2 Å². The highest BCUT2D eigenvalue weighted by Gasteiger charge is 2.12. The molecule has 0 radical (unpaired) electrons. The maximum absolute atomic E-state index is 13.7. The van der Waals surface area contributed by atoms with E-state index in [-0.39, 0.29) is 36.9 Å². The first kappa shape index (κ1) is 17.3. The largest absolute Gasteiger partial charge is 0.477 e. The molecule has 0 fully saturated rings. The Balaban J connectivity index is 1.55. The van der Waals surface area contributed by atoms with Crippen molar-refractivity contribution in [3.8, 4) is 0 Å². The molecule has 0 saturated carbocycles. The lowest BCUT2D eigenvalue weighted by Crippen LogP contribution is -2.17. The normalized spacial score (nSPS) is 10.7. The molecule has 0 saturated heterocycles. The van der Waals surface area contributed by atoms with Gasteiger partial charge < -0.3 is 10.4 Å². The second kappa shape index (κ2) is 7.60. The standard InChI is InChI=1S/C17H16FN5O3/c18-14-4-2-1-3-12(14)10-22-11-13(9-20-22)21-16(24)6-8-23-15(17(25)26)5-7-19-23/h1-5,7,9,11H,6,8,10H2,(H,21,24)(H,25,26). The number of hydrogen-bond donors (Lipinski definition) is 2. The number of nitrogens with zero attached hydrogens (tertiary/aromatic N) is 4. The van der Waals surface area contributed by atoms with Gasteiger partial charge in [0.2, 0.25) is 5.91 Å². The second-order valence-corrected chi connectivity index (χ2v) is 5.56. The van der Waals surface area contributed by atoms with Gasteiger partial charge in [0.1, 0.15) is 11.5 Å². The summed E-state index contributed by atoms with van der Waals surface area (Å²) in [6.07, 6.45) is 4.49. The SMILES string of the molecule is O=C(CCn1nccc1C(=O)O)Nc1cnn(Cc2ccccc2F)c1. The maximum Gasteiger partial charge on any atom is 0.354 e. The lowest BCUT2D eigenvalue weighted by molar-refractivity contribution is -0.116. The first-order valence-electron chi connectivity index (χ1n) is 7.84. The van der Waals surface area contributed by atoms with Crippen molar-refractivity contribution in [2.75, 3.05) is 5.32 Å². The van der Waals surface area contributed by atoms with Gasteiger partial charge in [0.25, 0.3) is 0 Å². The molecule has 2 N–H and O–H groups in total. The van der Waals surface area contributed by atoms with Crippen LogP contribution >= 0.6 is 0 Å². The zero-order valence-electron chi connectivity index (χ0n) is 13.7. The summed E-state index contributed by atoms with van der Waals surface area (Å²) in [6.45, 7) is 0.391. The monoisotopic (exact) mass is 357 g/mol. The van der Waals surface area contributed by atoms with Gasteiger partial charge in [-0.25, -0.2) is 9.18 Å². The number of halogens is 1. The number of hydrogen-bond acceptors (Lipinski definition) is 4. The average Bonchev–Trinajstić information content (AvgIpc) is 3.24. The molecule has 134 valence electrons. The van der Waals surface area contributed by atoms with Gasteiger partial charge in [0.05, 0.1) is 25.0 Å². The molecule has 1 aromatic carbocycles. The molecule has 3 aromatic rings. The van der Waals surface area contributed by atoms with Gasteiger partial charge in [-0.05, 0) is 12.1 Å². The quantitative estimate of drug-likeness (QED) is 0.673. The minimum Gasteiger partial charge on any atom is -0.477 e. The fourth-order valence-corrected chi connectivity index (χ4v) is 2.44. The van der Waals surface area contributed by atoms with Crippen LogP contribution < -0.4 is 5.32 Å². The molecule has 0 bridgehead atoms. The van der Waals surface area contributed by atoms with Crippen molar-refractivity contribution in [1.82, 2.24) is 19.6 Å². The van der Waals surface area contributed by atoms with E-state index in [1.807, 2.05) is 0 Å². The van der Waals surface area contributed by atoms with Crippen LogP contribution in [0.15, 0.2) is 48.9 Å². The van der Waals surface area contributed by atoms with Crippen molar-refractivity contribution in [3.63, 3.8) is 0 Å². The average molecular weight is 357 g/mol. The summed E-state index contributed by atoms with van der Waals surface area (Å²) in [5.41, 5.74) is 0.995. The molecular formula is C17H16FN5O3. The molecule has 3 rings (SSSR count). The summed E-state index contributed by atoms with van der Waals surface area (Å²) in [4.78, 5) is 23.0. The molecule has 0 atom stereocenters. The number of aromatic nitrogens is 4. The minimum atomic E-state index is -1.10. The Morgan fingerprint density at radius 1 is 1.19 bits per heavy atom. The third kappa shape index (κ3) is 4.12. The van der Waals surface area contributed by atoms with Crippen molar-refractivity contribution in [2.24, 2.45) is 0 Å². The van der Waals surface area contributed by atoms with Crippen molar-refractivity contribution in [2.45, 2.75) is 19.5 Å². The number of carboxylic acids is 1. The number of carboxylic acid groups (broad SMARTS) is 1. The van der Waals surface area contributed by atoms with Crippen LogP contribution in [0.3, 0.4) is 0 Å². The van der Waals surface area contributed by atoms with E-state index in [4.69, 9.17) is 5.11 Å². The predicted molar refractivity (Wildman–Crippen MR) is 90.2 cm³/mol. The van der Waals surface area contributed by atoms with Crippen LogP contribution in [0.1, 0.15) is 22.5 Å². The number of amides is 1. The number of aromatic carboxylic acids is 1. The van der Waals surface area contributed by atoms with Gasteiger partial charge >= 0.3 is 5.97 Å². The second-order valence-electron chi connectivity index (χ2n) is 5.56. The molecule has 0 aliphatic carbocycles. The Morgan fingerprint density at radius 2 is 2.00 bits per heavy atom. The third-order valence-corrected chi connectivity index (χ3v) is 3.69. The van der Waals surface area contributed by atoms with Crippen LogP contribution in [0.25, 0.3) is 0 Å². The van der Waals surface area contributed by atoms with Crippen LogP contribution in [-0.2, 0) is 17.9 Å². The van der Waals surface area contributed by atoms with E-state index >= 15 is 0 Å². The first-order valence-corrected chi connectivity index (χ1v) is 7.84. The third-order valence-electron chi connectivity index (χ3n) is 3.69. The molecule has 1 amide bonds. The zero-order chi connectivity index (χ0) is 18.5. The van der Waals surface area contributed by atoms with E-state index in [1.54, 1.807) is 24.4 Å². The van der Waals surface area contributed by atoms with E-state index in [2.05, 4.69) is 15.5 Å². The minimum absolute atomic E-state index is 0.0236. The van der Waals surface area contributed by atoms with Gasteiger partial charge in [-0.2, -0.15) is 10.2 Å². The van der Waals surface area contributed by atoms with Crippen molar-refractivity contribution in [3.05, 3.63) is 66.0 Å². The number of carbonyl (C=O) groups excluding carboxylic acids is 1. The molecule has 0 aliphatic rings. The molecular weight excluding hydrogens is 341 g/mol. The fourth-order valence-electron chi connectivity index (χ4n) is 2.44. The van der Waals surface area contributed by atoms with E-state index in [0.29, 0.717) is 11.3 Å². The molecule has 0 spiro atoms. The molecule has 0 unspecified atom stereocenters. The molecule has 2 heterocycles. The highest BCUT2D eigenvalue weighted by Crippen LogP contribution is 2.11. The summed E-state index contributed by atoms with van der Waals surface area (Å²) in [6, 6.07) is 7.77. The summed E-state index contributed by atoms with van der Waals surface area (Å²) in [7, 11) is 0. The van der Waals surface area contributed by atoms with Crippen molar-refractivity contribution in [1.29, 1.82) is 0 Å². The smallest absolute Gasteiger partial charge is 0.354 e. The lowest BCUT2D eigenvalue weighted by atomic mass is 10.2. The number of rotatable bonds is 7. The van der Waals surface area contributed by atoms with Gasteiger partial charge in [0.15, 0.2) is 0 Å². The van der Waals surface area contributed by atoms with Crippen LogP contribution in [0.2, 0.25) is 0 Å². The summed E-state index contributed by atoms with van der Waals surface area (Å²) in [5.74, 6) is -1.72. The highest BCUT2D eigenvalue weighted by molar-refractivity contribution is 5.90. The van der Waals surface area contributed by atoms with Crippen molar-refractivity contribution >= 4 is 17.6 Å². The van der Waals surface area contributed by atoms with Gasteiger partial charge in [-0.3, -0.25) is 14.2 Å². The summed E-state index contributed by atoms with van der Waals surface area (Å²) in [5, 5.41) is 19.6. The van der Waals surface area contributed by atoms with Crippen LogP contribution in [-0.4, -0.2) is 36.5 Å². The Labute approximate surface area is 147 Å². The molecule has 9 heteroatoms. The Morgan fingerprint density at radius 3 is 2.77 bits per heavy atom. The van der Waals surface area contributed by atoms with Gasteiger partial charge in [0, 0.05) is 24.4 Å². The van der Waals surface area contributed by atoms with Gasteiger partial charge in [-0.15, -0.1) is 0 Å². The van der Waals surface area contributed by atoms with Crippen LogP contribution in [0.4, 0.5) is 10.1 Å². The molecule has 8 nitrogen and oxygen atoms in total. The molecule has 26 heavy (non-hydrogen) atoms. The topological polar surface area (TPSA) is 102 Å². The summed E-state index contributed by atoms with van der Waals surface area (Å²) >= 11 is 0. The van der Waals surface area contributed by atoms with Crippen molar-refractivity contribution < 1.29 is 19.1 Å². The fraction of sp³-hybridized carbons (Fsp3) is 0.176. The van der Waals surface area contributed by atoms with Crippen LogP contribution in [0.5, 0.6) is 0 Å². The van der Waals surface area contributed by atoms with E-state index < -0.39 is 5.97 Å². The number of carbonyl (C=O) groups is 2.